The molecule has 0 saturated heterocycles. The number of hydrogen-bond acceptors (Lipinski definition) is 5. The molecular formula is C73H114O5. The number of allylic oxidation sites excluding steroid dienone is 30. The van der Waals surface area contributed by atoms with Crippen molar-refractivity contribution in [2.24, 2.45) is 0 Å². The Bertz CT molecular complexity index is 1780. The third-order valence-corrected chi connectivity index (χ3v) is 12.7. The predicted molar refractivity (Wildman–Crippen MR) is 343 cm³/mol. The van der Waals surface area contributed by atoms with Gasteiger partial charge in [-0.05, 0) is 135 Å². The second kappa shape index (κ2) is 66.3. The molecule has 0 spiro atoms. The summed E-state index contributed by atoms with van der Waals surface area (Å²) in [6.07, 6.45) is 104. The average molecular weight is 1070 g/mol. The van der Waals surface area contributed by atoms with Crippen molar-refractivity contribution in [2.45, 2.75) is 251 Å². The number of aliphatic hydroxyl groups excluding tert-OH is 1. The zero-order valence-corrected chi connectivity index (χ0v) is 49.8. The van der Waals surface area contributed by atoms with Crippen molar-refractivity contribution in [3.8, 4) is 0 Å². The molecule has 5 nitrogen and oxygen atoms in total. The summed E-state index contributed by atoms with van der Waals surface area (Å²) in [6.45, 7) is 3.89. The fourth-order valence-corrected chi connectivity index (χ4v) is 8.08. The maximum absolute atomic E-state index is 12.3. The number of unbranched alkanes of at least 4 members (excludes halogenated alkanes) is 17. The van der Waals surface area contributed by atoms with Crippen molar-refractivity contribution in [2.75, 3.05) is 13.2 Å². The Morgan fingerprint density at radius 3 is 0.769 bits per heavy atom. The van der Waals surface area contributed by atoms with Gasteiger partial charge in [0.25, 0.3) is 0 Å². The van der Waals surface area contributed by atoms with Gasteiger partial charge in [-0.2, -0.15) is 0 Å². The van der Waals surface area contributed by atoms with Gasteiger partial charge in [-0.3, -0.25) is 9.59 Å². The first-order chi connectivity index (χ1) is 38.6. The summed E-state index contributed by atoms with van der Waals surface area (Å²) < 4.78 is 10.7. The molecule has 78 heavy (non-hydrogen) atoms. The summed E-state index contributed by atoms with van der Waals surface area (Å²) in [6, 6.07) is 0. The van der Waals surface area contributed by atoms with Gasteiger partial charge in [0.2, 0.25) is 0 Å². The van der Waals surface area contributed by atoms with E-state index in [2.05, 4.69) is 196 Å². The molecule has 436 valence electrons. The maximum atomic E-state index is 12.3. The van der Waals surface area contributed by atoms with Crippen LogP contribution >= 0.6 is 0 Å². The van der Waals surface area contributed by atoms with Gasteiger partial charge in [-0.25, -0.2) is 0 Å². The SMILES string of the molecule is CC/C=C\C/C=C\C/C=C\C/C=C\C/C=C\C/C=C\C/C=C\C/C=C\CCCCCCCCC(=O)OC(CO)COC(=O)CCCCCCCCCCCCC/C=C\C/C=C\C/C=C\C/C=C\C/C=C\C/C=C\C/C=C\CC. The topological polar surface area (TPSA) is 72.8 Å². The van der Waals surface area contributed by atoms with Crippen LogP contribution in [-0.2, 0) is 19.1 Å². The van der Waals surface area contributed by atoms with Gasteiger partial charge < -0.3 is 14.6 Å². The number of carbonyl (C=O) groups excluding carboxylic acids is 2. The average Bonchev–Trinajstić information content (AvgIpc) is 3.44. The van der Waals surface area contributed by atoms with Crippen LogP contribution in [0.25, 0.3) is 0 Å². The van der Waals surface area contributed by atoms with E-state index in [1.165, 1.54) is 70.6 Å². The van der Waals surface area contributed by atoms with Crippen LogP contribution in [-0.4, -0.2) is 36.4 Å². The molecule has 0 heterocycles. The highest BCUT2D eigenvalue weighted by Gasteiger charge is 2.16. The van der Waals surface area contributed by atoms with Crippen LogP contribution in [0.5, 0.6) is 0 Å². The standard InChI is InChI=1S/C73H114O5/c1-3-5-7-9-11-13-15-17-19-21-23-25-27-29-31-33-35-36-38-39-41-43-45-47-49-51-53-55-57-59-61-63-65-67-72(75)77-70-71(69-74)78-73(76)68-66-64-62-60-58-56-54-52-50-48-46-44-42-40-37-34-32-30-28-26-24-22-20-18-16-14-12-10-8-6-4-2/h5-8,11-14,17-20,23-26,29-32,35-37,39-41,44,46,50,52,71,74H,3-4,9-10,15-16,21-22,27-28,33-34,38,42-43,45,47-49,51,53-70H2,1-2H3/b7-5-,8-6-,13-11-,14-12-,19-17-,20-18-,25-23-,26-24-,31-29-,32-30-,36-35-,40-37-,41-39-,46-44-,52-50-. The Balaban J connectivity index is 3.61. The molecule has 0 fully saturated rings. The molecule has 0 aromatic heterocycles. The number of carbonyl (C=O) groups is 2. The highest BCUT2D eigenvalue weighted by Crippen LogP contribution is 2.14. The van der Waals surface area contributed by atoms with Crippen molar-refractivity contribution in [3.05, 3.63) is 182 Å². The van der Waals surface area contributed by atoms with Crippen molar-refractivity contribution >= 4 is 11.9 Å². The second-order valence-electron chi connectivity index (χ2n) is 20.0. The fraction of sp³-hybridized carbons (Fsp3) is 0.562. The summed E-state index contributed by atoms with van der Waals surface area (Å²) in [5.74, 6) is -0.622. The quantitative estimate of drug-likeness (QED) is 0.0373. The minimum absolute atomic E-state index is 0.0854. The van der Waals surface area contributed by atoms with Crippen LogP contribution in [0.1, 0.15) is 245 Å². The van der Waals surface area contributed by atoms with Crippen LogP contribution in [0, 0.1) is 0 Å². The number of hydrogen-bond donors (Lipinski definition) is 1. The molecule has 1 N–H and O–H groups in total. The van der Waals surface area contributed by atoms with E-state index in [9.17, 15) is 14.7 Å². The van der Waals surface area contributed by atoms with Gasteiger partial charge >= 0.3 is 11.9 Å². The second-order valence-corrected chi connectivity index (χ2v) is 20.0. The van der Waals surface area contributed by atoms with Crippen LogP contribution in [0.3, 0.4) is 0 Å². The van der Waals surface area contributed by atoms with E-state index in [4.69, 9.17) is 9.47 Å². The van der Waals surface area contributed by atoms with E-state index in [0.717, 1.165) is 148 Å². The van der Waals surface area contributed by atoms with Crippen LogP contribution < -0.4 is 0 Å². The molecule has 0 saturated carbocycles. The third kappa shape index (κ3) is 63.5. The summed E-state index contributed by atoms with van der Waals surface area (Å²) in [5.41, 5.74) is 0. The molecule has 0 bridgehead atoms. The highest BCUT2D eigenvalue weighted by atomic mass is 16.6. The Hall–Kier alpha value is -5.00. The summed E-state index contributed by atoms with van der Waals surface area (Å²) in [4.78, 5) is 24.6. The summed E-state index contributed by atoms with van der Waals surface area (Å²) in [7, 11) is 0. The number of esters is 2. The van der Waals surface area contributed by atoms with Gasteiger partial charge in [-0.15, -0.1) is 0 Å². The van der Waals surface area contributed by atoms with Gasteiger partial charge in [-0.1, -0.05) is 280 Å². The van der Waals surface area contributed by atoms with Crippen LogP contribution in [0.2, 0.25) is 0 Å². The van der Waals surface area contributed by atoms with Crippen molar-refractivity contribution in [1.82, 2.24) is 0 Å². The van der Waals surface area contributed by atoms with Crippen molar-refractivity contribution in [3.63, 3.8) is 0 Å². The molecule has 0 amide bonds. The van der Waals surface area contributed by atoms with E-state index in [0.29, 0.717) is 12.8 Å². The Morgan fingerprint density at radius 2 is 0.513 bits per heavy atom. The molecule has 5 heteroatoms. The first-order valence-corrected chi connectivity index (χ1v) is 31.3. The fourth-order valence-electron chi connectivity index (χ4n) is 8.08. The van der Waals surface area contributed by atoms with E-state index in [1.807, 2.05) is 0 Å². The molecule has 0 aliphatic heterocycles. The Morgan fingerprint density at radius 1 is 0.295 bits per heavy atom. The molecule has 0 radical (unpaired) electrons. The molecule has 0 aromatic rings. The van der Waals surface area contributed by atoms with Gasteiger partial charge in [0.1, 0.15) is 6.61 Å². The largest absolute Gasteiger partial charge is 0.462 e. The van der Waals surface area contributed by atoms with Crippen LogP contribution in [0.15, 0.2) is 182 Å². The number of ether oxygens (including phenoxy) is 2. The Labute approximate surface area is 480 Å². The van der Waals surface area contributed by atoms with Crippen molar-refractivity contribution in [1.29, 1.82) is 0 Å². The lowest BCUT2D eigenvalue weighted by Gasteiger charge is -2.15. The third-order valence-electron chi connectivity index (χ3n) is 12.7. The van der Waals surface area contributed by atoms with E-state index >= 15 is 0 Å². The van der Waals surface area contributed by atoms with E-state index in [1.54, 1.807) is 0 Å². The minimum Gasteiger partial charge on any atom is -0.462 e. The van der Waals surface area contributed by atoms with Crippen LogP contribution in [0.4, 0.5) is 0 Å². The predicted octanol–water partition coefficient (Wildman–Crippen LogP) is 21.9. The van der Waals surface area contributed by atoms with Crippen molar-refractivity contribution < 1.29 is 24.2 Å². The summed E-state index contributed by atoms with van der Waals surface area (Å²) in [5, 5.41) is 9.68. The summed E-state index contributed by atoms with van der Waals surface area (Å²) >= 11 is 0. The van der Waals surface area contributed by atoms with E-state index < -0.39 is 6.10 Å². The molecule has 0 aromatic carbocycles. The molecule has 1 unspecified atom stereocenters. The molecule has 0 aliphatic rings. The monoisotopic (exact) mass is 1070 g/mol. The molecule has 0 aliphatic carbocycles. The Kier molecular flexibility index (Phi) is 62.0. The van der Waals surface area contributed by atoms with E-state index in [-0.39, 0.29) is 25.2 Å². The minimum atomic E-state index is -0.797. The normalized spacial score (nSPS) is 13.5. The number of rotatable bonds is 55. The molecule has 1 atom stereocenters. The maximum Gasteiger partial charge on any atom is 0.306 e. The lowest BCUT2D eigenvalue weighted by molar-refractivity contribution is -0.161. The van der Waals surface area contributed by atoms with Gasteiger partial charge in [0.05, 0.1) is 6.61 Å². The molecular weight excluding hydrogens is 957 g/mol. The van der Waals surface area contributed by atoms with Gasteiger partial charge in [0, 0.05) is 12.8 Å². The highest BCUT2D eigenvalue weighted by molar-refractivity contribution is 5.70. The smallest absolute Gasteiger partial charge is 0.306 e. The van der Waals surface area contributed by atoms with Gasteiger partial charge in [0.15, 0.2) is 6.10 Å². The molecule has 0 rings (SSSR count). The first kappa shape index (κ1) is 73.0. The lowest BCUT2D eigenvalue weighted by atomic mass is 10.0. The zero-order chi connectivity index (χ0) is 56.2. The first-order valence-electron chi connectivity index (χ1n) is 31.3. The zero-order valence-electron chi connectivity index (χ0n) is 49.8. The number of aliphatic hydroxyl groups is 1. The lowest BCUT2D eigenvalue weighted by Crippen LogP contribution is -2.28.